The summed E-state index contributed by atoms with van der Waals surface area (Å²) in [7, 11) is -1.35. The number of ether oxygens (including phenoxy) is 4. The fraction of sp³-hybridized carbons (Fsp3) is 0.395. The molecule has 6 rings (SSSR count). The van der Waals surface area contributed by atoms with Crippen molar-refractivity contribution >= 4 is 19.6 Å². The summed E-state index contributed by atoms with van der Waals surface area (Å²) in [6, 6.07) is 25.6. The molecule has 54 heavy (non-hydrogen) atoms. The summed E-state index contributed by atoms with van der Waals surface area (Å²) < 4.78 is 83.2. The average Bonchev–Trinajstić information content (AvgIpc) is 3.42. The molecule has 1 aromatic heterocycles. The summed E-state index contributed by atoms with van der Waals surface area (Å²) in [5, 5.41) is 3.44. The molecular formula is C38H42F2N3O10P. The quantitative estimate of drug-likeness (QED) is 0.0826. The van der Waals surface area contributed by atoms with E-state index in [2.05, 4.69) is 10.3 Å². The molecule has 0 radical (unpaired) electrons. The lowest BCUT2D eigenvalue weighted by atomic mass is 9.77. The molecule has 4 aromatic rings. The van der Waals surface area contributed by atoms with Crippen LogP contribution in [-0.4, -0.2) is 67.2 Å². The van der Waals surface area contributed by atoms with Crippen LogP contribution in [0, 0.1) is 5.92 Å². The second kappa shape index (κ2) is 16.0. The van der Waals surface area contributed by atoms with Gasteiger partial charge in [-0.1, -0.05) is 61.5 Å². The van der Waals surface area contributed by atoms with Crippen LogP contribution >= 0.6 is 7.82 Å². The second-order valence-corrected chi connectivity index (χ2v) is 14.8. The van der Waals surface area contributed by atoms with Crippen LogP contribution in [0.25, 0.3) is 0 Å². The van der Waals surface area contributed by atoms with E-state index in [1.807, 2.05) is 78.9 Å². The lowest BCUT2D eigenvalue weighted by Crippen LogP contribution is -2.45. The van der Waals surface area contributed by atoms with Crippen LogP contribution in [-0.2, 0) is 37.9 Å². The molecule has 0 bridgehead atoms. The molecule has 2 aliphatic heterocycles. The number of fused-ring (bicyclic) bond motifs is 1. The van der Waals surface area contributed by atoms with Gasteiger partial charge in [0.2, 0.25) is 6.23 Å². The molecule has 0 amide bonds. The number of carbonyl (C=O) groups is 1. The maximum absolute atomic E-state index is 16.0. The van der Waals surface area contributed by atoms with Crippen molar-refractivity contribution in [1.29, 1.82) is 0 Å². The van der Waals surface area contributed by atoms with Crippen LogP contribution in [0.3, 0.4) is 0 Å². The van der Waals surface area contributed by atoms with Crippen molar-refractivity contribution in [3.8, 4) is 11.5 Å². The van der Waals surface area contributed by atoms with Gasteiger partial charge in [0.05, 0.1) is 39.5 Å². The normalized spacial score (nSPS) is 22.6. The predicted octanol–water partition coefficient (Wildman–Crippen LogP) is 6.72. The van der Waals surface area contributed by atoms with E-state index in [4.69, 9.17) is 32.5 Å². The zero-order chi connectivity index (χ0) is 38.7. The molecular weight excluding hydrogens is 727 g/mol. The number of benzene rings is 3. The maximum Gasteiger partial charge on any atom is 0.475 e. The van der Waals surface area contributed by atoms with Crippen LogP contribution in [0.5, 0.6) is 11.5 Å². The highest BCUT2D eigenvalue weighted by atomic mass is 31.2. The molecule has 0 spiro atoms. The van der Waals surface area contributed by atoms with Gasteiger partial charge in [0.1, 0.15) is 29.0 Å². The van der Waals surface area contributed by atoms with Gasteiger partial charge in [-0.2, -0.15) is 13.8 Å². The Bertz CT molecular complexity index is 1970. The first-order valence-electron chi connectivity index (χ1n) is 17.3. The molecule has 2 saturated heterocycles. The van der Waals surface area contributed by atoms with Gasteiger partial charge in [0.25, 0.3) is 0 Å². The van der Waals surface area contributed by atoms with Crippen LogP contribution < -0.4 is 20.5 Å². The number of carbonyl (C=O) groups excluding carboxylic acids is 1. The smallest absolute Gasteiger partial charge is 0.475 e. The number of esters is 1. The molecule has 5 atom stereocenters. The molecule has 16 heteroatoms. The number of hydrogen-bond acceptors (Lipinski definition) is 12. The van der Waals surface area contributed by atoms with E-state index in [0.29, 0.717) is 16.1 Å². The standard InChI is InChI=1S/C38H42F2N3O10P/c1-24(2)51-34(44)25(3)20-22-49-54(46)50-23-31-33(53-54)38(39,40)35(52-31)43-21-19-32(41-36(43)45)42-37(26-9-7-6-8-10-26,27-11-15-29(47-4)16-12-27)28-13-17-30(48-5)18-14-28/h6-19,21,24-25,31,33,35H,20,22-23H2,1-5H3,(H,41,42,45)/t25-,31-,33-,35-,54?/m1/s1. The van der Waals surface area contributed by atoms with E-state index in [1.54, 1.807) is 35.0 Å². The number of phosphoric ester groups is 1. The summed E-state index contributed by atoms with van der Waals surface area (Å²) >= 11 is 0. The first-order chi connectivity index (χ1) is 25.8. The zero-order valence-corrected chi connectivity index (χ0v) is 31.2. The van der Waals surface area contributed by atoms with Gasteiger partial charge < -0.3 is 24.3 Å². The summed E-state index contributed by atoms with van der Waals surface area (Å²) in [5.74, 6) is -3.62. The average molecular weight is 770 g/mol. The van der Waals surface area contributed by atoms with E-state index in [0.717, 1.165) is 22.9 Å². The van der Waals surface area contributed by atoms with Gasteiger partial charge in [-0.25, -0.2) is 9.36 Å². The Kier molecular flexibility index (Phi) is 11.6. The summed E-state index contributed by atoms with van der Waals surface area (Å²) in [4.78, 5) is 29.9. The number of rotatable bonds is 14. The van der Waals surface area contributed by atoms with Gasteiger partial charge >= 0.3 is 25.4 Å². The van der Waals surface area contributed by atoms with Crippen LogP contribution in [0.15, 0.2) is 95.9 Å². The first kappa shape index (κ1) is 39.0. The van der Waals surface area contributed by atoms with Crippen molar-refractivity contribution in [3.63, 3.8) is 0 Å². The Morgan fingerprint density at radius 3 is 2.11 bits per heavy atom. The van der Waals surface area contributed by atoms with E-state index >= 15 is 8.78 Å². The van der Waals surface area contributed by atoms with Crippen molar-refractivity contribution < 1.29 is 50.7 Å². The van der Waals surface area contributed by atoms with Gasteiger partial charge in [0, 0.05) is 6.20 Å². The van der Waals surface area contributed by atoms with E-state index in [9.17, 15) is 14.2 Å². The van der Waals surface area contributed by atoms with Crippen LogP contribution in [0.4, 0.5) is 14.6 Å². The number of hydrogen-bond donors (Lipinski definition) is 1. The SMILES string of the molecule is COc1ccc(C(Nc2ccn([C@@H]3O[C@@H]4COP(=O)(OCC[C@@H](C)C(=O)OC(C)C)O[C@H]4C3(F)F)c(=O)n2)(c2ccccc2)c2ccc(OC)cc2)cc1. The molecule has 1 N–H and O–H groups in total. The third-order valence-corrected chi connectivity index (χ3v) is 10.6. The monoisotopic (exact) mass is 769 g/mol. The Hall–Kier alpha value is -4.66. The van der Waals surface area contributed by atoms with Crippen LogP contribution in [0.1, 0.15) is 50.1 Å². The summed E-state index contributed by atoms with van der Waals surface area (Å²) in [5.41, 5.74) is 0.114. The molecule has 3 aromatic carbocycles. The van der Waals surface area contributed by atoms with Crippen molar-refractivity contribution in [1.82, 2.24) is 9.55 Å². The maximum atomic E-state index is 16.0. The number of nitrogens with one attached hydrogen (secondary N) is 1. The minimum atomic E-state index is -4.48. The number of aromatic nitrogens is 2. The van der Waals surface area contributed by atoms with Gasteiger partial charge in [-0.15, -0.1) is 0 Å². The van der Waals surface area contributed by atoms with Gasteiger partial charge in [-0.3, -0.25) is 22.9 Å². The Labute approximate surface area is 311 Å². The third kappa shape index (κ3) is 7.91. The number of anilines is 1. The lowest BCUT2D eigenvalue weighted by molar-refractivity contribution is -0.152. The minimum absolute atomic E-state index is 0.0782. The number of phosphoric acid groups is 1. The number of halogens is 2. The van der Waals surface area contributed by atoms with Crippen molar-refractivity contribution in [2.24, 2.45) is 5.92 Å². The van der Waals surface area contributed by atoms with Crippen molar-refractivity contribution in [2.45, 2.75) is 63.2 Å². The topological polar surface area (TPSA) is 146 Å². The summed E-state index contributed by atoms with van der Waals surface area (Å²) in [6.07, 6.45) is -4.70. The fourth-order valence-electron chi connectivity index (χ4n) is 6.38. The second-order valence-electron chi connectivity index (χ2n) is 13.2. The molecule has 288 valence electrons. The van der Waals surface area contributed by atoms with E-state index in [1.165, 1.54) is 6.07 Å². The van der Waals surface area contributed by atoms with E-state index < -0.39 is 61.9 Å². The molecule has 1 unspecified atom stereocenters. The Morgan fingerprint density at radius 1 is 0.963 bits per heavy atom. The largest absolute Gasteiger partial charge is 0.497 e. The highest BCUT2D eigenvalue weighted by Crippen LogP contribution is 2.60. The van der Waals surface area contributed by atoms with Gasteiger partial charge in [0.15, 0.2) is 6.10 Å². The number of nitrogens with zero attached hydrogens (tertiary/aromatic N) is 2. The molecule has 3 heterocycles. The third-order valence-electron chi connectivity index (χ3n) is 9.20. The lowest BCUT2D eigenvalue weighted by Gasteiger charge is -2.37. The van der Waals surface area contributed by atoms with Crippen LogP contribution in [0.2, 0.25) is 0 Å². The molecule has 13 nitrogen and oxygen atoms in total. The highest BCUT2D eigenvalue weighted by molar-refractivity contribution is 7.48. The predicted molar refractivity (Wildman–Crippen MR) is 193 cm³/mol. The molecule has 0 aliphatic carbocycles. The molecule has 2 fully saturated rings. The van der Waals surface area contributed by atoms with E-state index in [-0.39, 0.29) is 24.9 Å². The highest BCUT2D eigenvalue weighted by Gasteiger charge is 2.65. The van der Waals surface area contributed by atoms with Gasteiger partial charge in [-0.05, 0) is 67.3 Å². The fourth-order valence-corrected chi connectivity index (χ4v) is 7.79. The Balaban J connectivity index is 1.27. The zero-order valence-electron chi connectivity index (χ0n) is 30.3. The first-order valence-corrected chi connectivity index (χ1v) is 18.8. The minimum Gasteiger partial charge on any atom is -0.497 e. The molecule has 2 aliphatic rings. The number of alkyl halides is 2. The molecule has 0 saturated carbocycles. The van der Waals surface area contributed by atoms with Crippen molar-refractivity contribution in [2.75, 3.05) is 32.8 Å². The Morgan fingerprint density at radius 2 is 1.56 bits per heavy atom. The van der Waals surface area contributed by atoms with Crippen molar-refractivity contribution in [3.05, 3.63) is 118 Å². The summed E-state index contributed by atoms with van der Waals surface area (Å²) in [6.45, 7) is 4.17. The number of methoxy groups -OCH3 is 2.